The maximum Gasteiger partial charge on any atom is 0.418 e. The highest BCUT2D eigenvalue weighted by Gasteiger charge is 2.41. The number of anilines is 2. The topological polar surface area (TPSA) is 54.5 Å². The molecule has 1 aliphatic rings. The Kier molecular flexibility index (Phi) is 4.62. The van der Waals surface area contributed by atoms with Gasteiger partial charge < -0.3 is 10.1 Å². The van der Waals surface area contributed by atoms with Gasteiger partial charge in [0, 0.05) is 17.6 Å². The minimum absolute atomic E-state index is 0.130. The van der Waals surface area contributed by atoms with Crippen LogP contribution in [0.15, 0.2) is 66.9 Å². The zero-order valence-corrected chi connectivity index (χ0v) is 15.3. The number of pyridine rings is 1. The average molecular weight is 399 g/mol. The molecule has 0 bridgehead atoms. The third kappa shape index (κ3) is 3.37. The first kappa shape index (κ1) is 18.8. The molecule has 0 fully saturated rings. The number of nitrogens with zero attached hydrogens (tertiary/aromatic N) is 2. The van der Waals surface area contributed by atoms with Crippen LogP contribution in [0.1, 0.15) is 27.8 Å². The van der Waals surface area contributed by atoms with Crippen LogP contribution in [0.2, 0.25) is 0 Å². The van der Waals surface area contributed by atoms with E-state index in [1.54, 1.807) is 36.4 Å². The van der Waals surface area contributed by atoms with E-state index < -0.39 is 17.9 Å². The van der Waals surface area contributed by atoms with Gasteiger partial charge in [0.1, 0.15) is 5.75 Å². The number of carbonyl (C=O) groups is 1. The first-order chi connectivity index (χ1) is 13.9. The largest absolute Gasteiger partial charge is 0.497 e. The van der Waals surface area contributed by atoms with Crippen LogP contribution in [0, 0.1) is 0 Å². The summed E-state index contributed by atoms with van der Waals surface area (Å²) in [5.41, 5.74) is 0.271. The molecular weight excluding hydrogens is 383 g/mol. The molecule has 1 atom stereocenters. The van der Waals surface area contributed by atoms with Crippen molar-refractivity contribution in [1.82, 2.24) is 4.98 Å². The first-order valence-electron chi connectivity index (χ1n) is 8.75. The van der Waals surface area contributed by atoms with E-state index in [0.717, 1.165) is 6.07 Å². The lowest BCUT2D eigenvalue weighted by molar-refractivity contribution is -0.137. The van der Waals surface area contributed by atoms with Crippen LogP contribution in [0.3, 0.4) is 0 Å². The molecule has 0 radical (unpaired) electrons. The van der Waals surface area contributed by atoms with Crippen molar-refractivity contribution in [2.24, 2.45) is 0 Å². The normalized spacial score (nSPS) is 15.9. The summed E-state index contributed by atoms with van der Waals surface area (Å²) in [4.78, 5) is 18.7. The summed E-state index contributed by atoms with van der Waals surface area (Å²) in [5, 5.41) is 2.87. The molecule has 1 aromatic heterocycles. The molecule has 3 aromatic rings. The van der Waals surface area contributed by atoms with E-state index in [4.69, 9.17) is 4.74 Å². The molecule has 0 unspecified atom stereocenters. The van der Waals surface area contributed by atoms with Gasteiger partial charge in [0.25, 0.3) is 5.91 Å². The van der Waals surface area contributed by atoms with Crippen LogP contribution in [-0.2, 0) is 6.18 Å². The van der Waals surface area contributed by atoms with Crippen molar-refractivity contribution in [2.45, 2.75) is 12.3 Å². The number of carbonyl (C=O) groups excluding carboxylic acids is 1. The maximum atomic E-state index is 13.4. The summed E-state index contributed by atoms with van der Waals surface area (Å²) in [5.74, 6) is 0.253. The van der Waals surface area contributed by atoms with Gasteiger partial charge in [0.2, 0.25) is 0 Å². The van der Waals surface area contributed by atoms with E-state index in [0.29, 0.717) is 22.7 Å². The van der Waals surface area contributed by atoms with Crippen molar-refractivity contribution in [3.63, 3.8) is 0 Å². The molecule has 29 heavy (non-hydrogen) atoms. The van der Waals surface area contributed by atoms with E-state index in [2.05, 4.69) is 10.3 Å². The summed E-state index contributed by atoms with van der Waals surface area (Å²) in [6.45, 7) is 0. The Labute approximate surface area is 164 Å². The number of hydrogen-bond donors (Lipinski definition) is 1. The molecule has 0 aliphatic carbocycles. The number of rotatable bonds is 4. The molecule has 0 saturated carbocycles. The van der Waals surface area contributed by atoms with Gasteiger partial charge in [-0.1, -0.05) is 12.1 Å². The van der Waals surface area contributed by atoms with Gasteiger partial charge in [0.15, 0.2) is 6.17 Å². The Bertz CT molecular complexity index is 1050. The molecule has 5 nitrogen and oxygen atoms in total. The third-order valence-corrected chi connectivity index (χ3v) is 4.68. The highest BCUT2D eigenvalue weighted by molar-refractivity contribution is 6.11. The Hall–Kier alpha value is -3.55. The molecule has 2 aromatic carbocycles. The van der Waals surface area contributed by atoms with Crippen molar-refractivity contribution in [2.75, 3.05) is 17.3 Å². The maximum absolute atomic E-state index is 13.4. The lowest BCUT2D eigenvalue weighted by Gasteiger charge is -2.27. The molecule has 2 heterocycles. The summed E-state index contributed by atoms with van der Waals surface area (Å²) in [7, 11) is 1.52. The Morgan fingerprint density at radius 1 is 1.03 bits per heavy atom. The number of fused-ring (bicyclic) bond motifs is 1. The average Bonchev–Trinajstić information content (AvgIpc) is 3.00. The fourth-order valence-electron chi connectivity index (χ4n) is 3.33. The van der Waals surface area contributed by atoms with E-state index in [9.17, 15) is 18.0 Å². The Morgan fingerprint density at radius 2 is 1.76 bits per heavy atom. The number of halogens is 3. The van der Waals surface area contributed by atoms with Crippen molar-refractivity contribution in [1.29, 1.82) is 0 Å². The van der Waals surface area contributed by atoms with E-state index >= 15 is 0 Å². The molecule has 1 N–H and O–H groups in total. The molecule has 0 saturated heterocycles. The smallest absolute Gasteiger partial charge is 0.418 e. The first-order valence-corrected chi connectivity index (χ1v) is 8.75. The fraction of sp³-hybridized carbons (Fsp3) is 0.143. The second-order valence-electron chi connectivity index (χ2n) is 6.40. The summed E-state index contributed by atoms with van der Waals surface area (Å²) in [6.07, 6.45) is -3.92. The van der Waals surface area contributed by atoms with E-state index in [-0.39, 0.29) is 11.6 Å². The van der Waals surface area contributed by atoms with Gasteiger partial charge >= 0.3 is 6.18 Å². The molecule has 8 heteroatoms. The van der Waals surface area contributed by atoms with Crippen molar-refractivity contribution < 1.29 is 22.7 Å². The molecule has 0 spiro atoms. The molecule has 148 valence electrons. The third-order valence-electron chi connectivity index (χ3n) is 4.68. The van der Waals surface area contributed by atoms with Crippen molar-refractivity contribution in [3.05, 3.63) is 83.7 Å². The molecule has 1 aliphatic heterocycles. The zero-order valence-electron chi connectivity index (χ0n) is 15.3. The van der Waals surface area contributed by atoms with Crippen LogP contribution in [0.25, 0.3) is 0 Å². The predicted molar refractivity (Wildman–Crippen MR) is 102 cm³/mol. The number of para-hydroxylation sites is 1. The number of benzene rings is 2. The number of ether oxygens (including phenoxy) is 1. The zero-order chi connectivity index (χ0) is 20.6. The van der Waals surface area contributed by atoms with E-state index in [1.807, 2.05) is 0 Å². The van der Waals surface area contributed by atoms with Gasteiger partial charge in [-0.3, -0.25) is 14.7 Å². The lowest BCUT2D eigenvalue weighted by Crippen LogP contribution is -2.33. The van der Waals surface area contributed by atoms with Crippen LogP contribution in [0.4, 0.5) is 24.5 Å². The lowest BCUT2D eigenvalue weighted by atomic mass is 10.1. The molecule has 4 rings (SSSR count). The highest BCUT2D eigenvalue weighted by atomic mass is 19.4. The number of methoxy groups -OCH3 is 1. The molecular formula is C21H16F3N3O2. The van der Waals surface area contributed by atoms with Gasteiger partial charge in [-0.25, -0.2) is 0 Å². The number of aromatic nitrogens is 1. The van der Waals surface area contributed by atoms with Crippen LogP contribution in [0.5, 0.6) is 5.75 Å². The predicted octanol–water partition coefficient (Wildman–Crippen LogP) is 4.88. The standard InChI is InChI=1S/C21H16F3N3O2/c1-29-14-10-8-13(9-11-14)27-19(18-15(20(27)28)5-4-12-25-18)26-17-7-3-2-6-16(17)21(22,23)24/h2-12,19,26H,1H3/t19-/m0/s1. The number of hydrogen-bond acceptors (Lipinski definition) is 4. The van der Waals surface area contributed by atoms with Crippen LogP contribution < -0.4 is 15.0 Å². The quantitative estimate of drug-likeness (QED) is 0.679. The van der Waals surface area contributed by atoms with E-state index in [1.165, 1.54) is 36.4 Å². The second-order valence-corrected chi connectivity index (χ2v) is 6.40. The highest BCUT2D eigenvalue weighted by Crippen LogP contribution is 2.40. The van der Waals surface area contributed by atoms with Gasteiger partial charge in [-0.2, -0.15) is 13.2 Å². The summed E-state index contributed by atoms with van der Waals surface area (Å²) < 4.78 is 45.5. The molecule has 1 amide bonds. The number of amides is 1. The van der Waals surface area contributed by atoms with Crippen LogP contribution in [-0.4, -0.2) is 18.0 Å². The van der Waals surface area contributed by atoms with Gasteiger partial charge in [-0.05, 0) is 48.5 Å². The van der Waals surface area contributed by atoms with Crippen LogP contribution >= 0.6 is 0 Å². The number of alkyl halides is 3. The van der Waals surface area contributed by atoms with Gasteiger partial charge in [-0.15, -0.1) is 0 Å². The van der Waals surface area contributed by atoms with Crippen molar-refractivity contribution >= 4 is 17.3 Å². The minimum Gasteiger partial charge on any atom is -0.497 e. The monoisotopic (exact) mass is 399 g/mol. The summed E-state index contributed by atoms with van der Waals surface area (Å²) in [6, 6.07) is 15.1. The number of nitrogens with one attached hydrogen (secondary N) is 1. The Morgan fingerprint density at radius 3 is 2.45 bits per heavy atom. The second kappa shape index (κ2) is 7.12. The fourth-order valence-corrected chi connectivity index (χ4v) is 3.33. The SMILES string of the molecule is COc1ccc(N2C(=O)c3cccnc3[C@H]2Nc2ccccc2C(F)(F)F)cc1. The Balaban J connectivity index is 1.79. The summed E-state index contributed by atoms with van der Waals surface area (Å²) >= 11 is 0. The van der Waals surface area contributed by atoms with Crippen molar-refractivity contribution in [3.8, 4) is 5.75 Å². The van der Waals surface area contributed by atoms with Gasteiger partial charge in [0.05, 0.1) is 23.9 Å². The minimum atomic E-state index is -4.54.